The average Bonchev–Trinajstić information content (AvgIpc) is 3.25. The maximum absolute atomic E-state index is 13.9. The summed E-state index contributed by atoms with van der Waals surface area (Å²) in [6, 6.07) is 11.7. The third kappa shape index (κ3) is 6.77. The highest BCUT2D eigenvalue weighted by molar-refractivity contribution is 7.07. The number of hydrogen-bond acceptors (Lipinski definition) is 9. The average molecular weight is 579 g/mol. The largest absolute Gasteiger partial charge is 0.494 e. The van der Waals surface area contributed by atoms with Gasteiger partial charge in [-0.15, -0.1) is 0 Å². The Bertz CT molecular complexity index is 1630. The number of allylic oxidation sites excluding steroid dienone is 1. The van der Waals surface area contributed by atoms with Crippen molar-refractivity contribution in [3.8, 4) is 17.2 Å². The van der Waals surface area contributed by atoms with Gasteiger partial charge in [0.15, 0.2) is 16.3 Å². The van der Waals surface area contributed by atoms with Gasteiger partial charge in [-0.1, -0.05) is 49.3 Å². The van der Waals surface area contributed by atoms with Crippen LogP contribution in [0.5, 0.6) is 17.2 Å². The summed E-state index contributed by atoms with van der Waals surface area (Å²) in [6.07, 6.45) is 5.07. The predicted molar refractivity (Wildman–Crippen MR) is 156 cm³/mol. The number of esters is 2. The molecule has 3 aromatic rings. The molecule has 41 heavy (non-hydrogen) atoms. The second kappa shape index (κ2) is 13.5. The van der Waals surface area contributed by atoms with E-state index in [1.165, 1.54) is 29.9 Å². The molecule has 4 rings (SSSR count). The second-order valence-corrected chi connectivity index (χ2v) is 10.4. The highest BCUT2D eigenvalue weighted by Gasteiger charge is 2.34. The van der Waals surface area contributed by atoms with E-state index in [4.69, 9.17) is 18.9 Å². The van der Waals surface area contributed by atoms with Crippen molar-refractivity contribution in [2.24, 2.45) is 4.99 Å². The van der Waals surface area contributed by atoms with Crippen LogP contribution < -0.4 is 29.1 Å². The lowest BCUT2D eigenvalue weighted by atomic mass is 9.95. The monoisotopic (exact) mass is 578 g/mol. The number of unbranched alkanes of at least 4 members (excludes halogenated alkanes) is 2. The van der Waals surface area contributed by atoms with E-state index >= 15 is 0 Å². The number of nitrogens with zero attached hydrogens (tertiary/aromatic N) is 2. The van der Waals surface area contributed by atoms with Crippen LogP contribution >= 0.6 is 11.3 Å². The number of benzene rings is 2. The molecule has 0 spiro atoms. The Morgan fingerprint density at radius 3 is 2.49 bits per heavy atom. The van der Waals surface area contributed by atoms with Crippen LogP contribution in [0.15, 0.2) is 63.5 Å². The number of carbonyl (C=O) groups excluding carboxylic acids is 2. The summed E-state index contributed by atoms with van der Waals surface area (Å²) in [5.41, 5.74) is 1.82. The topological polar surface area (TPSA) is 105 Å². The van der Waals surface area contributed by atoms with Gasteiger partial charge in [0.2, 0.25) is 0 Å². The normalized spacial score (nSPS) is 14.8. The lowest BCUT2D eigenvalue weighted by Gasteiger charge is -2.25. The van der Waals surface area contributed by atoms with Crippen molar-refractivity contribution in [1.29, 1.82) is 0 Å². The van der Waals surface area contributed by atoms with Crippen LogP contribution in [0, 0.1) is 0 Å². The third-order valence-corrected chi connectivity index (χ3v) is 7.45. The fourth-order valence-electron chi connectivity index (χ4n) is 4.55. The Hall–Kier alpha value is -4.18. The second-order valence-electron chi connectivity index (χ2n) is 9.43. The van der Waals surface area contributed by atoms with Crippen LogP contribution in [0.25, 0.3) is 6.08 Å². The molecule has 0 radical (unpaired) electrons. The van der Waals surface area contributed by atoms with E-state index in [2.05, 4.69) is 11.9 Å². The van der Waals surface area contributed by atoms with E-state index in [9.17, 15) is 14.4 Å². The standard InChI is InChI=1S/C31H34N2O7S/c1-6-8-9-16-39-23-13-10-21(11-14-23)17-26-29(35)33-28(22-12-15-24(40-20(4)34)25(18-22)37-5)27(30(36)38-7-2)19(3)32-31(33)41-26/h10-15,17-18,28H,6-9,16H2,1-5H3/b26-17+/t28-/m0/s1. The number of ether oxygens (including phenoxy) is 4. The van der Waals surface area contributed by atoms with E-state index in [1.807, 2.05) is 24.3 Å². The highest BCUT2D eigenvalue weighted by atomic mass is 32.1. The zero-order valence-corrected chi connectivity index (χ0v) is 24.7. The Morgan fingerprint density at radius 2 is 1.83 bits per heavy atom. The van der Waals surface area contributed by atoms with Gasteiger partial charge in [0, 0.05) is 6.92 Å². The van der Waals surface area contributed by atoms with Gasteiger partial charge in [-0.25, -0.2) is 9.79 Å². The Balaban J connectivity index is 1.79. The van der Waals surface area contributed by atoms with Crippen molar-refractivity contribution in [2.45, 2.75) is 53.0 Å². The first-order valence-corrected chi connectivity index (χ1v) is 14.4. The summed E-state index contributed by atoms with van der Waals surface area (Å²) >= 11 is 1.24. The molecule has 2 aromatic carbocycles. The Kier molecular flexibility index (Phi) is 9.78. The van der Waals surface area contributed by atoms with Crippen molar-refractivity contribution < 1.29 is 28.5 Å². The van der Waals surface area contributed by atoms with Crippen LogP contribution in [-0.4, -0.2) is 36.8 Å². The molecule has 2 heterocycles. The van der Waals surface area contributed by atoms with Crippen molar-refractivity contribution in [3.05, 3.63) is 84.5 Å². The predicted octanol–water partition coefficient (Wildman–Crippen LogP) is 4.30. The van der Waals surface area contributed by atoms with Crippen molar-refractivity contribution in [3.63, 3.8) is 0 Å². The lowest BCUT2D eigenvalue weighted by Crippen LogP contribution is -2.40. The minimum Gasteiger partial charge on any atom is -0.494 e. The van der Waals surface area contributed by atoms with Crippen molar-refractivity contribution in [1.82, 2.24) is 4.57 Å². The van der Waals surface area contributed by atoms with Crippen LogP contribution in [0.1, 0.15) is 64.1 Å². The van der Waals surface area contributed by atoms with Gasteiger partial charge in [0.25, 0.3) is 5.56 Å². The lowest BCUT2D eigenvalue weighted by molar-refractivity contribution is -0.139. The van der Waals surface area contributed by atoms with Gasteiger partial charge in [-0.05, 0) is 61.7 Å². The van der Waals surface area contributed by atoms with Crippen molar-refractivity contribution >= 4 is 29.4 Å². The first kappa shape index (κ1) is 29.8. The molecule has 1 atom stereocenters. The molecule has 0 saturated carbocycles. The highest BCUT2D eigenvalue weighted by Crippen LogP contribution is 2.36. The van der Waals surface area contributed by atoms with E-state index < -0.39 is 18.0 Å². The number of fused-ring (bicyclic) bond motifs is 1. The molecule has 216 valence electrons. The van der Waals surface area contributed by atoms with Gasteiger partial charge < -0.3 is 18.9 Å². The van der Waals surface area contributed by atoms with Crippen LogP contribution in [0.2, 0.25) is 0 Å². The molecule has 0 aliphatic carbocycles. The van der Waals surface area contributed by atoms with Gasteiger partial charge in [-0.2, -0.15) is 0 Å². The zero-order valence-electron chi connectivity index (χ0n) is 23.9. The molecule has 0 amide bonds. The maximum Gasteiger partial charge on any atom is 0.338 e. The Morgan fingerprint density at radius 1 is 1.07 bits per heavy atom. The number of rotatable bonds is 11. The summed E-state index contributed by atoms with van der Waals surface area (Å²) in [5.74, 6) is 0.233. The number of thiazole rings is 1. The first-order chi connectivity index (χ1) is 19.8. The van der Waals surface area contributed by atoms with Gasteiger partial charge in [0.05, 0.1) is 42.2 Å². The first-order valence-electron chi connectivity index (χ1n) is 13.6. The SMILES string of the molecule is CCCCCOc1ccc(/C=c2/sc3n(c2=O)[C@@H](c2ccc(OC(C)=O)c(OC)c2)C(C(=O)OCC)=C(C)N=3)cc1. The maximum atomic E-state index is 13.9. The Labute approximate surface area is 242 Å². The molecule has 0 saturated heterocycles. The van der Waals surface area contributed by atoms with E-state index in [-0.39, 0.29) is 29.2 Å². The number of carbonyl (C=O) groups is 2. The molecule has 9 nitrogen and oxygen atoms in total. The molecule has 1 aromatic heterocycles. The number of methoxy groups -OCH3 is 1. The van der Waals surface area contributed by atoms with Crippen LogP contribution in [0.4, 0.5) is 0 Å². The fourth-order valence-corrected chi connectivity index (χ4v) is 5.60. The van der Waals surface area contributed by atoms with E-state index in [0.717, 1.165) is 30.6 Å². The molecular formula is C31H34N2O7S. The molecule has 1 aliphatic rings. The summed E-state index contributed by atoms with van der Waals surface area (Å²) in [7, 11) is 1.45. The van der Waals surface area contributed by atoms with Gasteiger partial charge >= 0.3 is 11.9 Å². The molecule has 0 N–H and O–H groups in total. The van der Waals surface area contributed by atoms with Gasteiger partial charge in [-0.3, -0.25) is 14.2 Å². The number of hydrogen-bond donors (Lipinski definition) is 0. The molecule has 0 unspecified atom stereocenters. The summed E-state index contributed by atoms with van der Waals surface area (Å²) in [4.78, 5) is 43.6. The summed E-state index contributed by atoms with van der Waals surface area (Å²) < 4.78 is 23.8. The van der Waals surface area contributed by atoms with E-state index in [0.29, 0.717) is 27.2 Å². The van der Waals surface area contributed by atoms with Crippen LogP contribution in [-0.2, 0) is 14.3 Å². The number of aromatic nitrogens is 1. The quantitative estimate of drug-likeness (QED) is 0.190. The zero-order chi connectivity index (χ0) is 29.5. The summed E-state index contributed by atoms with van der Waals surface area (Å²) in [6.45, 7) is 7.72. The smallest absolute Gasteiger partial charge is 0.338 e. The minimum absolute atomic E-state index is 0.166. The van der Waals surface area contributed by atoms with Crippen LogP contribution in [0.3, 0.4) is 0 Å². The molecule has 0 bridgehead atoms. The third-order valence-electron chi connectivity index (χ3n) is 6.47. The molecule has 10 heteroatoms. The molecule has 0 fully saturated rings. The van der Waals surface area contributed by atoms with Crippen molar-refractivity contribution in [2.75, 3.05) is 20.3 Å². The molecular weight excluding hydrogens is 544 g/mol. The molecule has 1 aliphatic heterocycles. The fraction of sp³-hybridized carbons (Fsp3) is 0.355. The minimum atomic E-state index is -0.827. The van der Waals surface area contributed by atoms with Gasteiger partial charge in [0.1, 0.15) is 5.75 Å². The summed E-state index contributed by atoms with van der Waals surface area (Å²) in [5, 5.41) is 0. The van der Waals surface area contributed by atoms with E-state index in [1.54, 1.807) is 38.1 Å².